The Morgan fingerprint density at radius 2 is 2.04 bits per heavy atom. The lowest BCUT2D eigenvalue weighted by Crippen LogP contribution is -2.25. The summed E-state index contributed by atoms with van der Waals surface area (Å²) in [5.41, 5.74) is 3.34. The number of benzene rings is 2. The van der Waals surface area contributed by atoms with Gasteiger partial charge in [0.25, 0.3) is 0 Å². The maximum absolute atomic E-state index is 12.3. The number of carbonyl (C=O) groups excluding carboxylic acids is 1. The van der Waals surface area contributed by atoms with Crippen molar-refractivity contribution in [3.8, 4) is 11.5 Å². The van der Waals surface area contributed by atoms with Crippen molar-refractivity contribution < 1.29 is 14.3 Å². The lowest BCUT2D eigenvalue weighted by Gasteiger charge is -2.12. The normalized spacial score (nSPS) is 18.4. The molecule has 0 saturated heterocycles. The molecule has 1 aliphatic heterocycles. The highest BCUT2D eigenvalue weighted by molar-refractivity contribution is 6.32. The van der Waals surface area contributed by atoms with Gasteiger partial charge in [0, 0.05) is 12.5 Å². The molecule has 1 atom stereocenters. The molecule has 4 nitrogen and oxygen atoms in total. The molecule has 26 heavy (non-hydrogen) atoms. The van der Waals surface area contributed by atoms with Gasteiger partial charge in [0.05, 0.1) is 24.3 Å². The quantitative estimate of drug-likeness (QED) is 0.820. The minimum atomic E-state index is -0.116. The zero-order valence-electron chi connectivity index (χ0n) is 14.3. The Hall–Kier alpha value is -2.46. The molecule has 0 saturated carbocycles. The molecule has 2 aromatic rings. The third-order valence-corrected chi connectivity index (χ3v) is 4.98. The van der Waals surface area contributed by atoms with Gasteiger partial charge < -0.3 is 14.8 Å². The molecule has 1 amide bonds. The monoisotopic (exact) mass is 369 g/mol. The summed E-state index contributed by atoms with van der Waals surface area (Å²) in [7, 11) is 0. The van der Waals surface area contributed by atoms with Crippen LogP contribution >= 0.6 is 11.6 Å². The fraction of sp³-hybridized carbons (Fsp3) is 0.286. The van der Waals surface area contributed by atoms with Crippen LogP contribution in [0.5, 0.6) is 11.5 Å². The highest BCUT2D eigenvalue weighted by Gasteiger charge is 2.22. The van der Waals surface area contributed by atoms with E-state index < -0.39 is 0 Å². The SMILES string of the molecule is O=C(/C=C/c1cc(Cl)c2c(c1)OCCCO2)NC1CCc2ccccc21. The molecule has 1 unspecified atom stereocenters. The van der Waals surface area contributed by atoms with Gasteiger partial charge in [-0.2, -0.15) is 0 Å². The van der Waals surface area contributed by atoms with Crippen molar-refractivity contribution in [2.24, 2.45) is 0 Å². The van der Waals surface area contributed by atoms with E-state index in [4.69, 9.17) is 21.1 Å². The van der Waals surface area contributed by atoms with Crippen LogP contribution in [0.25, 0.3) is 6.08 Å². The first-order valence-corrected chi connectivity index (χ1v) is 9.24. The second-order valence-corrected chi connectivity index (χ2v) is 6.92. The van der Waals surface area contributed by atoms with Gasteiger partial charge in [-0.25, -0.2) is 0 Å². The average Bonchev–Trinajstić information content (AvgIpc) is 2.88. The summed E-state index contributed by atoms with van der Waals surface area (Å²) < 4.78 is 11.3. The molecule has 0 bridgehead atoms. The van der Waals surface area contributed by atoms with Gasteiger partial charge in [0.15, 0.2) is 11.5 Å². The zero-order chi connectivity index (χ0) is 17.9. The number of carbonyl (C=O) groups is 1. The number of hydrogen-bond acceptors (Lipinski definition) is 3. The minimum Gasteiger partial charge on any atom is -0.489 e. The summed E-state index contributed by atoms with van der Waals surface area (Å²) in [5, 5.41) is 3.57. The number of fused-ring (bicyclic) bond motifs is 2. The molecule has 1 heterocycles. The summed E-state index contributed by atoms with van der Waals surface area (Å²) in [6.45, 7) is 1.19. The molecule has 0 radical (unpaired) electrons. The smallest absolute Gasteiger partial charge is 0.244 e. The molecule has 2 aromatic carbocycles. The van der Waals surface area contributed by atoms with Crippen molar-refractivity contribution in [3.05, 3.63) is 64.2 Å². The van der Waals surface area contributed by atoms with Gasteiger partial charge in [0.1, 0.15) is 0 Å². The van der Waals surface area contributed by atoms with E-state index in [1.807, 2.05) is 18.2 Å². The Balaban J connectivity index is 1.46. The van der Waals surface area contributed by atoms with Crippen molar-refractivity contribution >= 4 is 23.6 Å². The highest BCUT2D eigenvalue weighted by atomic mass is 35.5. The van der Waals surface area contributed by atoms with E-state index in [1.54, 1.807) is 12.1 Å². The number of nitrogens with one attached hydrogen (secondary N) is 1. The standard InChI is InChI=1S/C21H20ClNO3/c22-17-12-14(13-19-21(17)26-11-3-10-25-19)6-9-20(24)23-18-8-7-15-4-1-2-5-16(15)18/h1-2,4-6,9,12-13,18H,3,7-8,10-11H2,(H,23,24)/b9-6+. The topological polar surface area (TPSA) is 47.6 Å². The Bertz CT molecular complexity index is 862. The summed E-state index contributed by atoms with van der Waals surface area (Å²) in [6, 6.07) is 12.0. The Kier molecular flexibility index (Phi) is 4.85. The molecule has 2 aliphatic rings. The molecule has 1 aliphatic carbocycles. The zero-order valence-corrected chi connectivity index (χ0v) is 15.1. The van der Waals surface area contributed by atoms with Crippen LogP contribution in [0, 0.1) is 0 Å². The van der Waals surface area contributed by atoms with E-state index in [0.717, 1.165) is 24.8 Å². The molecule has 0 spiro atoms. The van der Waals surface area contributed by atoms with Gasteiger partial charge in [-0.1, -0.05) is 35.9 Å². The fourth-order valence-corrected chi connectivity index (χ4v) is 3.72. The van der Waals surface area contributed by atoms with Crippen LogP contribution in [0.1, 0.15) is 35.6 Å². The first-order chi connectivity index (χ1) is 12.7. The van der Waals surface area contributed by atoms with Gasteiger partial charge in [-0.3, -0.25) is 4.79 Å². The molecular weight excluding hydrogens is 350 g/mol. The molecule has 0 fully saturated rings. The van der Waals surface area contributed by atoms with Crippen LogP contribution in [0.2, 0.25) is 5.02 Å². The van der Waals surface area contributed by atoms with Crippen molar-refractivity contribution in [2.45, 2.75) is 25.3 Å². The van der Waals surface area contributed by atoms with Gasteiger partial charge >= 0.3 is 0 Å². The molecule has 0 aromatic heterocycles. The van der Waals surface area contributed by atoms with E-state index in [2.05, 4.69) is 17.4 Å². The van der Waals surface area contributed by atoms with Crippen LogP contribution < -0.4 is 14.8 Å². The van der Waals surface area contributed by atoms with Crippen molar-refractivity contribution in [2.75, 3.05) is 13.2 Å². The maximum Gasteiger partial charge on any atom is 0.244 e. The number of rotatable bonds is 3. The van der Waals surface area contributed by atoms with E-state index in [0.29, 0.717) is 29.7 Å². The molecule has 134 valence electrons. The van der Waals surface area contributed by atoms with Crippen molar-refractivity contribution in [1.82, 2.24) is 5.32 Å². The van der Waals surface area contributed by atoms with Crippen LogP contribution in [-0.2, 0) is 11.2 Å². The first kappa shape index (κ1) is 17.0. The Labute approximate surface area is 157 Å². The Morgan fingerprint density at radius 3 is 2.96 bits per heavy atom. The maximum atomic E-state index is 12.3. The molecule has 4 rings (SSSR count). The third-order valence-electron chi connectivity index (χ3n) is 4.70. The predicted octanol–water partition coefficient (Wildman–Crippen LogP) is 4.32. The molecular formula is C21H20ClNO3. The minimum absolute atomic E-state index is 0.0794. The van der Waals surface area contributed by atoms with Crippen molar-refractivity contribution in [3.63, 3.8) is 0 Å². The lowest BCUT2D eigenvalue weighted by molar-refractivity contribution is -0.117. The average molecular weight is 370 g/mol. The van der Waals surface area contributed by atoms with Crippen LogP contribution in [-0.4, -0.2) is 19.1 Å². The summed E-state index contributed by atoms with van der Waals surface area (Å²) in [6.07, 6.45) is 6.05. The number of ether oxygens (including phenoxy) is 2. The van der Waals surface area contributed by atoms with Crippen molar-refractivity contribution in [1.29, 1.82) is 0 Å². The first-order valence-electron chi connectivity index (χ1n) is 8.86. The van der Waals surface area contributed by atoms with E-state index in [9.17, 15) is 4.79 Å². The predicted molar refractivity (Wildman–Crippen MR) is 102 cm³/mol. The number of hydrogen-bond donors (Lipinski definition) is 1. The number of halogens is 1. The van der Waals surface area contributed by atoms with Crippen LogP contribution in [0.15, 0.2) is 42.5 Å². The second kappa shape index (κ2) is 7.42. The lowest BCUT2D eigenvalue weighted by atomic mass is 10.1. The van der Waals surface area contributed by atoms with Gasteiger partial charge in [0.2, 0.25) is 5.91 Å². The largest absolute Gasteiger partial charge is 0.489 e. The second-order valence-electron chi connectivity index (χ2n) is 6.51. The Morgan fingerprint density at radius 1 is 1.19 bits per heavy atom. The third kappa shape index (κ3) is 3.56. The van der Waals surface area contributed by atoms with Gasteiger partial charge in [-0.05, 0) is 47.7 Å². The summed E-state index contributed by atoms with van der Waals surface area (Å²) >= 11 is 6.29. The van der Waals surface area contributed by atoms with Crippen LogP contribution in [0.4, 0.5) is 0 Å². The summed E-state index contributed by atoms with van der Waals surface area (Å²) in [5.74, 6) is 1.09. The summed E-state index contributed by atoms with van der Waals surface area (Å²) in [4.78, 5) is 12.3. The molecule has 5 heteroatoms. The van der Waals surface area contributed by atoms with Gasteiger partial charge in [-0.15, -0.1) is 0 Å². The van der Waals surface area contributed by atoms with E-state index in [1.165, 1.54) is 17.2 Å². The number of amides is 1. The van der Waals surface area contributed by atoms with Crippen LogP contribution in [0.3, 0.4) is 0 Å². The van der Waals surface area contributed by atoms with E-state index >= 15 is 0 Å². The fourth-order valence-electron chi connectivity index (χ4n) is 3.45. The molecule has 1 N–H and O–H groups in total. The highest BCUT2D eigenvalue weighted by Crippen LogP contribution is 2.38. The number of aryl methyl sites for hydroxylation is 1. The van der Waals surface area contributed by atoms with E-state index in [-0.39, 0.29) is 11.9 Å².